The lowest BCUT2D eigenvalue weighted by Gasteiger charge is -2.21. The minimum absolute atomic E-state index is 0.0451. The topological polar surface area (TPSA) is 61.8 Å². The highest BCUT2D eigenvalue weighted by atomic mass is 35.5. The number of ketones is 1. The maximum atomic E-state index is 11.9. The lowest BCUT2D eigenvalue weighted by Crippen LogP contribution is -2.14. The van der Waals surface area contributed by atoms with Gasteiger partial charge in [0.15, 0.2) is 12.6 Å². The van der Waals surface area contributed by atoms with Crippen LogP contribution >= 0.6 is 22.9 Å². The van der Waals surface area contributed by atoms with Crippen molar-refractivity contribution in [2.24, 2.45) is 0 Å². The third kappa shape index (κ3) is 4.14. The van der Waals surface area contributed by atoms with Crippen LogP contribution in [0.25, 0.3) is 0 Å². The van der Waals surface area contributed by atoms with E-state index in [-0.39, 0.29) is 32.0 Å². The predicted molar refractivity (Wildman–Crippen MR) is 89.4 cm³/mol. The fraction of sp³-hybridized carbons (Fsp3) is 0.294. The molecular formula is C17H15ClO5S. The highest BCUT2D eigenvalue weighted by molar-refractivity contribution is 7.12. The van der Waals surface area contributed by atoms with Crippen LogP contribution in [0.5, 0.6) is 5.75 Å². The quantitative estimate of drug-likeness (QED) is 0.571. The van der Waals surface area contributed by atoms with Crippen LogP contribution in [0.2, 0.25) is 5.02 Å². The van der Waals surface area contributed by atoms with Crippen LogP contribution in [0.15, 0.2) is 29.6 Å². The van der Waals surface area contributed by atoms with Crippen molar-refractivity contribution in [2.45, 2.75) is 26.1 Å². The van der Waals surface area contributed by atoms with Gasteiger partial charge in [-0.1, -0.05) is 17.7 Å². The lowest BCUT2D eigenvalue weighted by atomic mass is 10.1. The average molecular weight is 367 g/mol. The minimum atomic E-state index is -0.430. The van der Waals surface area contributed by atoms with Crippen LogP contribution in [0.4, 0.5) is 0 Å². The van der Waals surface area contributed by atoms with Gasteiger partial charge in [-0.05, 0) is 23.6 Å². The van der Waals surface area contributed by atoms with Gasteiger partial charge in [0, 0.05) is 22.6 Å². The number of carbonyl (C=O) groups excluding carboxylic acids is 2. The summed E-state index contributed by atoms with van der Waals surface area (Å²) in [6.07, 6.45) is 0.181. The fourth-order valence-corrected chi connectivity index (χ4v) is 3.33. The van der Waals surface area contributed by atoms with Crippen LogP contribution < -0.4 is 4.74 Å². The molecule has 126 valence electrons. The van der Waals surface area contributed by atoms with E-state index in [0.717, 1.165) is 5.56 Å². The van der Waals surface area contributed by atoms with Crippen molar-refractivity contribution in [2.75, 3.05) is 6.79 Å². The SMILES string of the molecule is O=C(CCC(=O)c1cccs1)OCc1cc(Cl)cc2c1OCOC2. The molecule has 3 rings (SSSR count). The molecule has 0 atom stereocenters. The smallest absolute Gasteiger partial charge is 0.306 e. The number of halogens is 1. The second-order valence-electron chi connectivity index (χ2n) is 5.22. The summed E-state index contributed by atoms with van der Waals surface area (Å²) < 4.78 is 15.9. The molecule has 1 aliphatic heterocycles. The molecule has 0 bridgehead atoms. The second-order valence-corrected chi connectivity index (χ2v) is 6.61. The van der Waals surface area contributed by atoms with Crippen LogP contribution in [0.1, 0.15) is 33.6 Å². The van der Waals surface area contributed by atoms with Crippen molar-refractivity contribution in [3.63, 3.8) is 0 Å². The largest absolute Gasteiger partial charge is 0.467 e. The van der Waals surface area contributed by atoms with E-state index in [2.05, 4.69) is 0 Å². The summed E-state index contributed by atoms with van der Waals surface area (Å²) in [6, 6.07) is 7.02. The number of thiophene rings is 1. The summed E-state index contributed by atoms with van der Waals surface area (Å²) in [6.45, 7) is 0.617. The number of Topliss-reactive ketones (excluding diaryl/α,β-unsaturated/α-hetero) is 1. The van der Waals surface area contributed by atoms with Crippen molar-refractivity contribution < 1.29 is 23.8 Å². The molecule has 0 unspecified atom stereocenters. The van der Waals surface area contributed by atoms with Gasteiger partial charge in [-0.3, -0.25) is 9.59 Å². The zero-order valence-electron chi connectivity index (χ0n) is 12.7. The fourth-order valence-electron chi connectivity index (χ4n) is 2.37. The molecule has 0 spiro atoms. The molecule has 0 saturated carbocycles. The Bertz CT molecular complexity index is 742. The van der Waals surface area contributed by atoms with E-state index in [9.17, 15) is 9.59 Å². The Labute approximate surface area is 148 Å². The van der Waals surface area contributed by atoms with Crippen LogP contribution in [-0.2, 0) is 27.5 Å². The van der Waals surface area contributed by atoms with Gasteiger partial charge in [0.2, 0.25) is 0 Å². The number of ether oxygens (including phenoxy) is 3. The Kier molecular flexibility index (Phi) is 5.50. The molecule has 5 nitrogen and oxygen atoms in total. The minimum Gasteiger partial charge on any atom is -0.467 e. The Balaban J connectivity index is 1.55. The maximum Gasteiger partial charge on any atom is 0.306 e. The second kappa shape index (κ2) is 7.79. The molecule has 0 N–H and O–H groups in total. The summed E-state index contributed by atoms with van der Waals surface area (Å²) in [5, 5.41) is 2.36. The Morgan fingerprint density at radius 2 is 2.17 bits per heavy atom. The molecule has 0 radical (unpaired) electrons. The standard InChI is InChI=1S/C17H15ClO5S/c18-13-6-11-8-21-10-23-17(11)12(7-13)9-22-16(20)4-3-14(19)15-2-1-5-24-15/h1-2,5-7H,3-4,8-10H2. The lowest BCUT2D eigenvalue weighted by molar-refractivity contribution is -0.145. The van der Waals surface area contributed by atoms with Gasteiger partial charge in [-0.25, -0.2) is 0 Å². The van der Waals surface area contributed by atoms with E-state index >= 15 is 0 Å². The molecule has 0 amide bonds. The predicted octanol–water partition coefficient (Wildman–Crippen LogP) is 3.97. The summed E-state index contributed by atoms with van der Waals surface area (Å²) in [4.78, 5) is 24.4. The van der Waals surface area contributed by atoms with Crippen molar-refractivity contribution >= 4 is 34.7 Å². The van der Waals surface area contributed by atoms with Crippen molar-refractivity contribution in [3.8, 4) is 5.75 Å². The third-order valence-corrected chi connectivity index (χ3v) is 4.62. The van der Waals surface area contributed by atoms with Crippen molar-refractivity contribution in [1.82, 2.24) is 0 Å². The van der Waals surface area contributed by atoms with Gasteiger partial charge >= 0.3 is 5.97 Å². The van der Waals surface area contributed by atoms with Gasteiger partial charge in [-0.2, -0.15) is 0 Å². The molecule has 2 heterocycles. The number of rotatable bonds is 6. The highest BCUT2D eigenvalue weighted by Crippen LogP contribution is 2.32. The van der Waals surface area contributed by atoms with Crippen LogP contribution in [0.3, 0.4) is 0 Å². The van der Waals surface area contributed by atoms with Crippen molar-refractivity contribution in [1.29, 1.82) is 0 Å². The Morgan fingerprint density at radius 1 is 1.29 bits per heavy atom. The van der Waals surface area contributed by atoms with E-state index in [1.54, 1.807) is 18.2 Å². The number of hydrogen-bond donors (Lipinski definition) is 0. The number of benzene rings is 1. The molecular weight excluding hydrogens is 352 g/mol. The molecule has 0 aliphatic carbocycles. The molecule has 1 aromatic heterocycles. The first kappa shape index (κ1) is 17.0. The first-order valence-corrected chi connectivity index (χ1v) is 8.63. The van der Waals surface area contributed by atoms with Crippen LogP contribution in [-0.4, -0.2) is 18.5 Å². The molecule has 1 aromatic carbocycles. The molecule has 0 fully saturated rings. The summed E-state index contributed by atoms with van der Waals surface area (Å²) >= 11 is 7.43. The van der Waals surface area contributed by atoms with E-state index in [4.69, 9.17) is 25.8 Å². The summed E-state index contributed by atoms with van der Waals surface area (Å²) in [7, 11) is 0. The third-order valence-electron chi connectivity index (χ3n) is 3.49. The van der Waals surface area contributed by atoms with Gasteiger partial charge in [-0.15, -0.1) is 11.3 Å². The maximum absolute atomic E-state index is 11.9. The van der Waals surface area contributed by atoms with Crippen molar-refractivity contribution in [3.05, 3.63) is 50.7 Å². The molecule has 0 saturated heterocycles. The average Bonchev–Trinajstić information content (AvgIpc) is 3.12. The highest BCUT2D eigenvalue weighted by Gasteiger charge is 2.18. The number of esters is 1. The van der Waals surface area contributed by atoms with Gasteiger partial charge < -0.3 is 14.2 Å². The molecule has 2 aromatic rings. The first-order chi connectivity index (χ1) is 11.6. The summed E-state index contributed by atoms with van der Waals surface area (Å²) in [5.41, 5.74) is 1.52. The Morgan fingerprint density at radius 3 is 2.96 bits per heavy atom. The molecule has 7 heteroatoms. The van der Waals surface area contributed by atoms with Gasteiger partial charge in [0.05, 0.1) is 17.9 Å². The monoisotopic (exact) mass is 366 g/mol. The number of hydrogen-bond acceptors (Lipinski definition) is 6. The van der Waals surface area contributed by atoms with Gasteiger partial charge in [0.25, 0.3) is 0 Å². The normalized spacial score (nSPS) is 13.0. The number of fused-ring (bicyclic) bond motifs is 1. The van der Waals surface area contributed by atoms with E-state index < -0.39 is 5.97 Å². The summed E-state index contributed by atoms with van der Waals surface area (Å²) in [5.74, 6) is 0.163. The van der Waals surface area contributed by atoms with Gasteiger partial charge in [0.1, 0.15) is 12.4 Å². The van der Waals surface area contributed by atoms with E-state index in [1.807, 2.05) is 11.4 Å². The zero-order valence-corrected chi connectivity index (χ0v) is 14.3. The molecule has 24 heavy (non-hydrogen) atoms. The number of carbonyl (C=O) groups is 2. The first-order valence-electron chi connectivity index (χ1n) is 7.37. The Hall–Kier alpha value is -1.89. The zero-order chi connectivity index (χ0) is 16.9. The van der Waals surface area contributed by atoms with E-state index in [0.29, 0.717) is 27.8 Å². The van der Waals surface area contributed by atoms with E-state index in [1.165, 1.54) is 11.3 Å². The van der Waals surface area contributed by atoms with Crippen LogP contribution in [0, 0.1) is 0 Å². The molecule has 1 aliphatic rings.